The number of carbonyl (C=O) groups excluding carboxylic acids is 2. The molecule has 0 saturated carbocycles. The van der Waals surface area contributed by atoms with E-state index in [0.717, 1.165) is 12.8 Å². The lowest BCUT2D eigenvalue weighted by Gasteiger charge is -2.05. The van der Waals surface area contributed by atoms with E-state index in [4.69, 9.17) is 16.3 Å². The molecule has 0 saturated heterocycles. The van der Waals surface area contributed by atoms with Crippen LogP contribution >= 0.6 is 11.6 Å². The summed E-state index contributed by atoms with van der Waals surface area (Å²) in [5, 5.41) is -0.335. The monoisotopic (exact) mass is 318 g/mol. The maximum atomic E-state index is 11.4. The van der Waals surface area contributed by atoms with Crippen molar-refractivity contribution in [2.24, 2.45) is 0 Å². The maximum absolute atomic E-state index is 11.4. The van der Waals surface area contributed by atoms with Gasteiger partial charge in [-0.05, 0) is 30.9 Å². The van der Waals surface area contributed by atoms with Gasteiger partial charge in [-0.3, -0.25) is 9.59 Å². The molecule has 0 amide bonds. The van der Waals surface area contributed by atoms with Crippen LogP contribution < -0.4 is 0 Å². The van der Waals surface area contributed by atoms with Gasteiger partial charge >= 0.3 is 5.97 Å². The Morgan fingerprint density at radius 1 is 0.762 bits per heavy atom. The summed E-state index contributed by atoms with van der Waals surface area (Å²) in [6.07, 6.45) is 13.4. The molecule has 4 heteroatoms. The highest BCUT2D eigenvalue weighted by atomic mass is 35.5. The van der Waals surface area contributed by atoms with Crippen LogP contribution in [0.15, 0.2) is 0 Å². The Morgan fingerprint density at radius 3 is 1.86 bits per heavy atom. The number of hydrogen-bond donors (Lipinski definition) is 0. The number of rotatable bonds is 15. The van der Waals surface area contributed by atoms with E-state index in [2.05, 4.69) is 6.92 Å². The predicted octanol–water partition coefficient (Wildman–Crippen LogP) is 5.39. The van der Waals surface area contributed by atoms with Crippen molar-refractivity contribution in [2.75, 3.05) is 6.61 Å². The van der Waals surface area contributed by atoms with Crippen molar-refractivity contribution in [3.63, 3.8) is 0 Å². The molecule has 0 rings (SSSR count). The van der Waals surface area contributed by atoms with Gasteiger partial charge in [-0.25, -0.2) is 0 Å². The molecule has 0 bridgehead atoms. The molecule has 21 heavy (non-hydrogen) atoms. The molecule has 0 aliphatic heterocycles. The average molecular weight is 319 g/mol. The third kappa shape index (κ3) is 17.4. The zero-order valence-electron chi connectivity index (χ0n) is 13.5. The molecular formula is C17H31ClO3. The van der Waals surface area contributed by atoms with Gasteiger partial charge in [-0.1, -0.05) is 58.3 Å². The van der Waals surface area contributed by atoms with Crippen LogP contribution in [0.1, 0.15) is 90.4 Å². The SMILES string of the molecule is CCCCCCCCCCCOC(=O)CCCCC(=O)Cl. The van der Waals surface area contributed by atoms with Crippen LogP contribution in [0, 0.1) is 0 Å². The van der Waals surface area contributed by atoms with E-state index in [-0.39, 0.29) is 11.2 Å². The normalized spacial score (nSPS) is 10.6. The summed E-state index contributed by atoms with van der Waals surface area (Å²) in [6, 6.07) is 0. The number of halogens is 1. The van der Waals surface area contributed by atoms with E-state index in [9.17, 15) is 9.59 Å². The minimum absolute atomic E-state index is 0.156. The van der Waals surface area contributed by atoms with E-state index in [1.54, 1.807) is 0 Å². The van der Waals surface area contributed by atoms with E-state index in [1.807, 2.05) is 0 Å². The molecule has 0 N–H and O–H groups in total. The molecule has 0 aromatic rings. The zero-order valence-corrected chi connectivity index (χ0v) is 14.3. The lowest BCUT2D eigenvalue weighted by Crippen LogP contribution is -2.05. The first-order valence-electron chi connectivity index (χ1n) is 8.50. The lowest BCUT2D eigenvalue weighted by atomic mass is 10.1. The van der Waals surface area contributed by atoms with Crippen molar-refractivity contribution in [1.29, 1.82) is 0 Å². The van der Waals surface area contributed by atoms with Crippen molar-refractivity contribution in [3.8, 4) is 0 Å². The van der Waals surface area contributed by atoms with Crippen molar-refractivity contribution >= 4 is 22.8 Å². The molecule has 0 spiro atoms. The van der Waals surface area contributed by atoms with Gasteiger partial charge in [0.2, 0.25) is 5.24 Å². The topological polar surface area (TPSA) is 43.4 Å². The second-order valence-corrected chi connectivity index (χ2v) is 6.03. The van der Waals surface area contributed by atoms with Crippen molar-refractivity contribution in [3.05, 3.63) is 0 Å². The highest BCUT2D eigenvalue weighted by Gasteiger charge is 2.03. The molecule has 0 aliphatic rings. The third-order valence-electron chi connectivity index (χ3n) is 3.52. The zero-order chi connectivity index (χ0) is 15.8. The Bertz CT molecular complexity index is 267. The van der Waals surface area contributed by atoms with Gasteiger partial charge in [-0.15, -0.1) is 0 Å². The largest absolute Gasteiger partial charge is 0.466 e. The Kier molecular flexibility index (Phi) is 15.4. The molecule has 3 nitrogen and oxygen atoms in total. The molecule has 0 radical (unpaired) electrons. The van der Waals surface area contributed by atoms with Crippen LogP contribution in [0.3, 0.4) is 0 Å². The molecule has 124 valence electrons. The van der Waals surface area contributed by atoms with Crippen molar-refractivity contribution in [2.45, 2.75) is 90.4 Å². The quantitative estimate of drug-likeness (QED) is 0.231. The van der Waals surface area contributed by atoms with Gasteiger partial charge in [0.25, 0.3) is 0 Å². The van der Waals surface area contributed by atoms with Gasteiger partial charge in [0, 0.05) is 12.8 Å². The molecular weight excluding hydrogens is 288 g/mol. The molecule has 0 aromatic carbocycles. The first-order valence-corrected chi connectivity index (χ1v) is 8.88. The molecule has 0 fully saturated rings. The summed E-state index contributed by atoms with van der Waals surface area (Å²) in [7, 11) is 0. The van der Waals surface area contributed by atoms with Crippen LogP contribution in [0.25, 0.3) is 0 Å². The summed E-state index contributed by atoms with van der Waals surface area (Å²) < 4.78 is 5.15. The summed E-state index contributed by atoms with van der Waals surface area (Å²) in [5.74, 6) is -0.156. The van der Waals surface area contributed by atoms with Crippen LogP contribution in [0.5, 0.6) is 0 Å². The predicted molar refractivity (Wildman–Crippen MR) is 87.5 cm³/mol. The van der Waals surface area contributed by atoms with Gasteiger partial charge in [-0.2, -0.15) is 0 Å². The van der Waals surface area contributed by atoms with Crippen molar-refractivity contribution < 1.29 is 14.3 Å². The van der Waals surface area contributed by atoms with Crippen molar-refractivity contribution in [1.82, 2.24) is 0 Å². The molecule has 0 atom stereocenters. The summed E-state index contributed by atoms with van der Waals surface area (Å²) in [5.41, 5.74) is 0. The average Bonchev–Trinajstić information content (AvgIpc) is 2.45. The number of unbranched alkanes of at least 4 members (excludes halogenated alkanes) is 9. The standard InChI is InChI=1S/C17H31ClO3/c1-2-3-4-5-6-7-8-9-12-15-21-17(20)14-11-10-13-16(18)19/h2-15H2,1H3. The van der Waals surface area contributed by atoms with Gasteiger partial charge < -0.3 is 4.74 Å². The van der Waals surface area contributed by atoms with E-state index < -0.39 is 0 Å². The number of carbonyl (C=O) groups is 2. The van der Waals surface area contributed by atoms with E-state index >= 15 is 0 Å². The van der Waals surface area contributed by atoms with E-state index in [0.29, 0.717) is 32.3 Å². The first-order chi connectivity index (χ1) is 10.2. The first kappa shape index (κ1) is 20.4. The van der Waals surface area contributed by atoms with E-state index in [1.165, 1.54) is 44.9 Å². The van der Waals surface area contributed by atoms with Crippen LogP contribution in [0.4, 0.5) is 0 Å². The molecule has 0 aliphatic carbocycles. The second kappa shape index (κ2) is 15.8. The lowest BCUT2D eigenvalue weighted by molar-refractivity contribution is -0.144. The Morgan fingerprint density at radius 2 is 1.29 bits per heavy atom. The Hall–Kier alpha value is -0.570. The fourth-order valence-electron chi connectivity index (χ4n) is 2.20. The highest BCUT2D eigenvalue weighted by molar-refractivity contribution is 6.63. The third-order valence-corrected chi connectivity index (χ3v) is 3.70. The Labute approximate surface area is 134 Å². The summed E-state index contributed by atoms with van der Waals surface area (Å²) >= 11 is 5.22. The fraction of sp³-hybridized carbons (Fsp3) is 0.882. The maximum Gasteiger partial charge on any atom is 0.305 e. The molecule has 0 heterocycles. The van der Waals surface area contributed by atoms with Crippen LogP contribution in [-0.4, -0.2) is 17.8 Å². The number of ether oxygens (including phenoxy) is 1. The van der Waals surface area contributed by atoms with Gasteiger partial charge in [0.1, 0.15) is 0 Å². The van der Waals surface area contributed by atoms with Crippen LogP contribution in [0.2, 0.25) is 0 Å². The minimum Gasteiger partial charge on any atom is -0.466 e. The van der Waals surface area contributed by atoms with Gasteiger partial charge in [0.15, 0.2) is 0 Å². The number of hydrogen-bond acceptors (Lipinski definition) is 3. The summed E-state index contributed by atoms with van der Waals surface area (Å²) in [4.78, 5) is 21.9. The van der Waals surface area contributed by atoms with Crippen LogP contribution in [-0.2, 0) is 14.3 Å². The minimum atomic E-state index is -0.335. The molecule has 0 aromatic heterocycles. The Balaban J connectivity index is 3.16. The second-order valence-electron chi connectivity index (χ2n) is 5.61. The van der Waals surface area contributed by atoms with Gasteiger partial charge in [0.05, 0.1) is 6.61 Å². The smallest absolute Gasteiger partial charge is 0.305 e. The number of esters is 1. The summed E-state index contributed by atoms with van der Waals surface area (Å²) in [6.45, 7) is 2.77. The fourth-order valence-corrected chi connectivity index (χ4v) is 2.34. The molecule has 0 unspecified atom stereocenters. The highest BCUT2D eigenvalue weighted by Crippen LogP contribution is 2.10.